The Morgan fingerprint density at radius 2 is 1.71 bits per heavy atom. The zero-order valence-electron chi connectivity index (χ0n) is 17.6. The molecule has 164 valence electrons. The average Bonchev–Trinajstić information content (AvgIpc) is 2.91. The number of carbonyl (C=O) groups excluding carboxylic acids is 2. The number of aliphatic hydroxyl groups excluding tert-OH is 1. The van der Waals surface area contributed by atoms with Gasteiger partial charge in [0.25, 0.3) is 0 Å². The maximum atomic E-state index is 13.6. The third-order valence-electron chi connectivity index (χ3n) is 5.91. The van der Waals surface area contributed by atoms with Gasteiger partial charge >= 0.3 is 5.97 Å². The summed E-state index contributed by atoms with van der Waals surface area (Å²) in [5.41, 5.74) is -0.626. The Kier molecular flexibility index (Phi) is 5.72. The highest BCUT2D eigenvalue weighted by Crippen LogP contribution is 2.56. The van der Waals surface area contributed by atoms with Crippen LogP contribution in [0.1, 0.15) is 26.3 Å². The van der Waals surface area contributed by atoms with Crippen molar-refractivity contribution >= 4 is 23.9 Å². The number of esters is 1. The molecule has 0 spiro atoms. The standard InChI is InChI=1S/C23H25NO6S/c1-15(2)18(25)23-19(28-21(23)27)22(3,31-30-29-17-12-8-5-9-13-17)20(26)24(23)14-16-10-6-4-7-11-16/h4-13,15,18-19,25H,14H2,1-3H3/t18-,19?,22+,23-/m0/s1. The van der Waals surface area contributed by atoms with Crippen molar-refractivity contribution in [2.75, 3.05) is 0 Å². The van der Waals surface area contributed by atoms with Crippen LogP contribution in [-0.4, -0.2) is 44.4 Å². The quantitative estimate of drug-likeness (QED) is 0.290. The van der Waals surface area contributed by atoms with Crippen molar-refractivity contribution in [1.82, 2.24) is 4.90 Å². The fourth-order valence-corrected chi connectivity index (χ4v) is 5.02. The van der Waals surface area contributed by atoms with Gasteiger partial charge in [-0.2, -0.15) is 0 Å². The molecule has 2 fully saturated rings. The van der Waals surface area contributed by atoms with E-state index in [0.29, 0.717) is 5.75 Å². The lowest BCUT2D eigenvalue weighted by Gasteiger charge is -2.51. The fourth-order valence-electron chi connectivity index (χ4n) is 4.27. The normalized spacial score (nSPS) is 28.2. The molecular weight excluding hydrogens is 418 g/mol. The predicted molar refractivity (Wildman–Crippen MR) is 115 cm³/mol. The minimum absolute atomic E-state index is 0.171. The van der Waals surface area contributed by atoms with Gasteiger partial charge in [-0.15, -0.1) is 4.33 Å². The monoisotopic (exact) mass is 443 g/mol. The van der Waals surface area contributed by atoms with Crippen LogP contribution in [0.25, 0.3) is 0 Å². The second-order valence-electron chi connectivity index (χ2n) is 8.33. The zero-order chi connectivity index (χ0) is 22.2. The fraction of sp³-hybridized carbons (Fsp3) is 0.391. The van der Waals surface area contributed by atoms with Gasteiger partial charge in [-0.25, -0.2) is 4.79 Å². The summed E-state index contributed by atoms with van der Waals surface area (Å²) in [6, 6.07) is 18.2. The summed E-state index contributed by atoms with van der Waals surface area (Å²) < 4.78 is 9.54. The van der Waals surface area contributed by atoms with Gasteiger partial charge in [0.05, 0.1) is 18.1 Å². The number of likely N-dealkylation sites (tertiary alicyclic amines) is 1. The largest absolute Gasteiger partial charge is 0.455 e. The average molecular weight is 444 g/mol. The van der Waals surface area contributed by atoms with E-state index in [1.807, 2.05) is 50.2 Å². The van der Waals surface area contributed by atoms with E-state index in [2.05, 4.69) is 0 Å². The van der Waals surface area contributed by atoms with E-state index in [1.165, 1.54) is 4.90 Å². The van der Waals surface area contributed by atoms with Crippen LogP contribution in [0.4, 0.5) is 0 Å². The second-order valence-corrected chi connectivity index (χ2v) is 9.48. The minimum atomic E-state index is -1.47. The van der Waals surface area contributed by atoms with E-state index in [1.54, 1.807) is 31.2 Å². The number of fused-ring (bicyclic) bond motifs is 1. The lowest BCUT2D eigenvalue weighted by molar-refractivity contribution is -0.222. The first-order valence-electron chi connectivity index (χ1n) is 10.1. The van der Waals surface area contributed by atoms with Crippen LogP contribution in [0.2, 0.25) is 0 Å². The molecule has 0 aliphatic carbocycles. The summed E-state index contributed by atoms with van der Waals surface area (Å²) in [6.07, 6.45) is -1.98. The third kappa shape index (κ3) is 3.39. The van der Waals surface area contributed by atoms with Crippen LogP contribution in [0.3, 0.4) is 0 Å². The molecule has 0 aromatic heterocycles. The molecule has 2 aliphatic rings. The molecule has 2 aromatic rings. The van der Waals surface area contributed by atoms with E-state index >= 15 is 0 Å². The van der Waals surface area contributed by atoms with Gasteiger partial charge in [0.2, 0.25) is 11.4 Å². The number of amides is 1. The summed E-state index contributed by atoms with van der Waals surface area (Å²) in [7, 11) is 0. The maximum Gasteiger partial charge on any atom is 0.339 e. The predicted octanol–water partition coefficient (Wildman–Crippen LogP) is 3.13. The molecule has 31 heavy (non-hydrogen) atoms. The second kappa shape index (κ2) is 8.18. The molecule has 2 saturated heterocycles. The van der Waals surface area contributed by atoms with Crippen molar-refractivity contribution < 1.29 is 28.7 Å². The van der Waals surface area contributed by atoms with Crippen molar-refractivity contribution in [3.63, 3.8) is 0 Å². The highest BCUT2D eigenvalue weighted by Gasteiger charge is 2.80. The zero-order valence-corrected chi connectivity index (χ0v) is 18.4. The number of aliphatic hydroxyl groups is 1. The highest BCUT2D eigenvalue weighted by molar-refractivity contribution is 7.96. The van der Waals surface area contributed by atoms with Gasteiger partial charge in [-0.3, -0.25) is 4.79 Å². The van der Waals surface area contributed by atoms with Gasteiger partial charge in [0.15, 0.2) is 16.6 Å². The number of carbonyl (C=O) groups is 2. The number of hydrogen-bond donors (Lipinski definition) is 1. The number of ether oxygens (including phenoxy) is 1. The molecule has 4 rings (SSSR count). The molecule has 2 aromatic carbocycles. The third-order valence-corrected chi connectivity index (χ3v) is 6.79. The topological polar surface area (TPSA) is 85.3 Å². The molecule has 1 N–H and O–H groups in total. The Morgan fingerprint density at radius 3 is 2.29 bits per heavy atom. The summed E-state index contributed by atoms with van der Waals surface area (Å²) in [4.78, 5) is 33.2. The Morgan fingerprint density at radius 1 is 1.10 bits per heavy atom. The molecule has 4 atom stereocenters. The summed E-state index contributed by atoms with van der Waals surface area (Å²) in [6.45, 7) is 5.44. The van der Waals surface area contributed by atoms with Crippen LogP contribution in [0.5, 0.6) is 5.75 Å². The number of para-hydroxylation sites is 1. The molecule has 0 radical (unpaired) electrons. The Balaban J connectivity index is 1.65. The van der Waals surface area contributed by atoms with Crippen LogP contribution >= 0.6 is 12.0 Å². The van der Waals surface area contributed by atoms with E-state index in [9.17, 15) is 14.7 Å². The first kappa shape index (κ1) is 21.7. The molecule has 0 saturated carbocycles. The molecule has 2 heterocycles. The molecule has 1 unspecified atom stereocenters. The molecular formula is C23H25NO6S. The number of hydrogen-bond acceptors (Lipinski definition) is 7. The van der Waals surface area contributed by atoms with Crippen LogP contribution < -0.4 is 4.89 Å². The first-order chi connectivity index (χ1) is 14.8. The van der Waals surface area contributed by atoms with Crippen molar-refractivity contribution in [3.8, 4) is 5.75 Å². The van der Waals surface area contributed by atoms with Gasteiger partial charge in [0.1, 0.15) is 0 Å². The Hall–Kier alpha value is -2.55. The number of nitrogens with zero attached hydrogens (tertiary/aromatic N) is 1. The number of rotatable bonds is 8. The summed E-state index contributed by atoms with van der Waals surface area (Å²) in [5, 5.41) is 11.1. The smallest absolute Gasteiger partial charge is 0.339 e. The van der Waals surface area contributed by atoms with E-state index < -0.39 is 28.5 Å². The highest BCUT2D eigenvalue weighted by atomic mass is 32.2. The van der Waals surface area contributed by atoms with Crippen LogP contribution in [0, 0.1) is 5.92 Å². The van der Waals surface area contributed by atoms with E-state index in [4.69, 9.17) is 14.0 Å². The van der Waals surface area contributed by atoms with Crippen molar-refractivity contribution in [2.24, 2.45) is 5.92 Å². The molecule has 1 amide bonds. The SMILES string of the molecule is CC(C)[C@H](O)[C@@]12C(=O)OC1[C@@](C)(SOOc1ccccc1)C(=O)N2Cc1ccccc1. The molecule has 8 heteroatoms. The Labute approximate surface area is 185 Å². The molecule has 2 aliphatic heterocycles. The number of benzene rings is 2. The van der Waals surface area contributed by atoms with Crippen LogP contribution in [0.15, 0.2) is 60.7 Å². The molecule has 0 bridgehead atoms. The van der Waals surface area contributed by atoms with Crippen molar-refractivity contribution in [2.45, 2.75) is 49.8 Å². The first-order valence-corrected chi connectivity index (χ1v) is 10.9. The Bertz CT molecular complexity index is 955. The minimum Gasteiger partial charge on any atom is -0.455 e. The lowest BCUT2D eigenvalue weighted by Crippen LogP contribution is -2.75. The van der Waals surface area contributed by atoms with Gasteiger partial charge < -0.3 is 19.6 Å². The van der Waals surface area contributed by atoms with Gasteiger partial charge in [-0.05, 0) is 30.5 Å². The summed E-state index contributed by atoms with van der Waals surface area (Å²) in [5.74, 6) is -0.746. The molecule has 7 nitrogen and oxygen atoms in total. The van der Waals surface area contributed by atoms with Gasteiger partial charge in [0, 0.05) is 6.54 Å². The summed E-state index contributed by atoms with van der Waals surface area (Å²) >= 11 is 0.795. The van der Waals surface area contributed by atoms with Crippen LogP contribution in [-0.2, 0) is 25.2 Å². The van der Waals surface area contributed by atoms with E-state index in [0.717, 1.165) is 17.6 Å². The lowest BCUT2D eigenvalue weighted by atomic mass is 9.75. The van der Waals surface area contributed by atoms with E-state index in [-0.39, 0.29) is 18.4 Å². The van der Waals surface area contributed by atoms with Crippen molar-refractivity contribution in [1.29, 1.82) is 0 Å². The van der Waals surface area contributed by atoms with Crippen molar-refractivity contribution in [3.05, 3.63) is 66.2 Å². The van der Waals surface area contributed by atoms with Gasteiger partial charge in [-0.1, -0.05) is 62.4 Å². The maximum absolute atomic E-state index is 13.6.